The average molecular weight is 493 g/mol. The van der Waals surface area contributed by atoms with E-state index < -0.39 is 0 Å². The van der Waals surface area contributed by atoms with E-state index in [4.69, 9.17) is 10.5 Å². The fraction of sp³-hybridized carbons (Fsp3) is 0.320. The number of carbonyl (C=O) groups excluding carboxylic acids is 2. The third kappa shape index (κ3) is 5.20. The predicted molar refractivity (Wildman–Crippen MR) is 135 cm³/mol. The maximum Gasteiger partial charge on any atom is 0.265 e. The lowest BCUT2D eigenvalue weighted by Gasteiger charge is -2.27. The number of H-pyrrole nitrogens is 1. The van der Waals surface area contributed by atoms with Crippen LogP contribution in [-0.4, -0.2) is 53.6 Å². The first-order chi connectivity index (χ1) is 17.1. The summed E-state index contributed by atoms with van der Waals surface area (Å²) < 4.78 is 5.35. The number of rotatable bonds is 9. The molecule has 5 N–H and O–H groups in total. The molecule has 182 valence electrons. The van der Waals surface area contributed by atoms with E-state index in [0.29, 0.717) is 38.3 Å². The molecule has 0 radical (unpaired) electrons. The van der Waals surface area contributed by atoms with Crippen LogP contribution in [0.4, 0.5) is 5.69 Å². The molecule has 0 spiro atoms. The highest BCUT2D eigenvalue weighted by Crippen LogP contribution is 2.44. The summed E-state index contributed by atoms with van der Waals surface area (Å²) in [7, 11) is 0. The van der Waals surface area contributed by atoms with Gasteiger partial charge in [-0.2, -0.15) is 0 Å². The van der Waals surface area contributed by atoms with Crippen molar-refractivity contribution in [3.63, 3.8) is 0 Å². The molecule has 1 aliphatic heterocycles. The molecule has 1 saturated heterocycles. The average Bonchev–Trinajstić information content (AvgIpc) is 3.60. The van der Waals surface area contributed by atoms with Gasteiger partial charge in [-0.05, 0) is 47.7 Å². The van der Waals surface area contributed by atoms with Crippen molar-refractivity contribution < 1.29 is 14.3 Å². The van der Waals surface area contributed by atoms with Gasteiger partial charge in [-0.25, -0.2) is 9.99 Å². The number of thiophene rings is 1. The number of anilines is 1. The Morgan fingerprint density at radius 3 is 2.91 bits per heavy atom. The second kappa shape index (κ2) is 10.5. The summed E-state index contributed by atoms with van der Waals surface area (Å²) >= 11 is 1.64. The van der Waals surface area contributed by atoms with Crippen LogP contribution in [0.5, 0.6) is 0 Å². The van der Waals surface area contributed by atoms with Crippen molar-refractivity contribution in [2.24, 2.45) is 5.73 Å². The van der Waals surface area contributed by atoms with Crippen LogP contribution < -0.4 is 16.5 Å². The van der Waals surface area contributed by atoms with Gasteiger partial charge >= 0.3 is 0 Å². The van der Waals surface area contributed by atoms with Crippen molar-refractivity contribution in [3.8, 4) is 0 Å². The Kier molecular flexibility index (Phi) is 7.05. The van der Waals surface area contributed by atoms with Crippen LogP contribution in [0.1, 0.15) is 49.5 Å². The molecule has 2 amide bonds. The number of ether oxygens (including phenoxy) is 1. The van der Waals surface area contributed by atoms with Gasteiger partial charge in [0, 0.05) is 48.4 Å². The van der Waals surface area contributed by atoms with Crippen LogP contribution >= 0.6 is 11.3 Å². The Hall–Kier alpha value is -3.31. The zero-order valence-electron chi connectivity index (χ0n) is 19.3. The van der Waals surface area contributed by atoms with Crippen molar-refractivity contribution in [1.29, 1.82) is 0 Å². The molecule has 10 heteroatoms. The van der Waals surface area contributed by atoms with Crippen molar-refractivity contribution in [2.45, 2.75) is 25.3 Å². The minimum Gasteiger partial charge on any atom is -0.379 e. The number of amides is 2. The number of hydrogen-bond acceptors (Lipinski definition) is 7. The van der Waals surface area contributed by atoms with Gasteiger partial charge in [0.05, 0.1) is 23.8 Å². The monoisotopic (exact) mass is 492 g/mol. The Balaban J connectivity index is 1.37. The number of morpholine rings is 1. The second-order valence-electron chi connectivity index (χ2n) is 8.56. The summed E-state index contributed by atoms with van der Waals surface area (Å²) in [6.07, 6.45) is 8.95. The zero-order valence-corrected chi connectivity index (χ0v) is 20.1. The molecule has 35 heavy (non-hydrogen) atoms. The van der Waals surface area contributed by atoms with E-state index >= 15 is 0 Å². The number of aryl methyl sites for hydroxylation is 2. The molecule has 0 saturated carbocycles. The molecule has 9 nitrogen and oxygen atoms in total. The van der Waals surface area contributed by atoms with Gasteiger partial charge in [0.25, 0.3) is 5.91 Å². The zero-order chi connectivity index (χ0) is 24.2. The first kappa shape index (κ1) is 23.4. The fourth-order valence-electron chi connectivity index (χ4n) is 4.46. The van der Waals surface area contributed by atoms with Gasteiger partial charge < -0.3 is 20.8 Å². The van der Waals surface area contributed by atoms with E-state index in [1.807, 2.05) is 41.5 Å². The van der Waals surface area contributed by atoms with Gasteiger partial charge in [-0.15, -0.1) is 11.3 Å². The van der Waals surface area contributed by atoms with Gasteiger partial charge in [0.1, 0.15) is 5.82 Å². The molecule has 3 aromatic rings. The van der Waals surface area contributed by atoms with Gasteiger partial charge in [0.2, 0.25) is 6.41 Å². The largest absolute Gasteiger partial charge is 0.379 e. The van der Waals surface area contributed by atoms with Crippen LogP contribution in [-0.2, 0) is 22.4 Å². The first-order valence-corrected chi connectivity index (χ1v) is 12.5. The molecule has 1 atom stereocenters. The summed E-state index contributed by atoms with van der Waals surface area (Å²) in [5.74, 6) is 0.805. The van der Waals surface area contributed by atoms with Crippen LogP contribution in [0.3, 0.4) is 0 Å². The lowest BCUT2D eigenvalue weighted by molar-refractivity contribution is -0.105. The molecule has 2 aliphatic rings. The quantitative estimate of drug-likeness (QED) is 0.340. The van der Waals surface area contributed by atoms with Crippen molar-refractivity contribution in [1.82, 2.24) is 20.4 Å². The predicted octanol–water partition coefficient (Wildman–Crippen LogP) is 2.64. The highest BCUT2D eigenvalue weighted by atomic mass is 32.1. The Morgan fingerprint density at radius 2 is 2.14 bits per heavy atom. The molecule has 1 aliphatic carbocycles. The Morgan fingerprint density at radius 1 is 1.29 bits per heavy atom. The summed E-state index contributed by atoms with van der Waals surface area (Å²) in [5, 5.41) is 4.72. The third-order valence-electron chi connectivity index (χ3n) is 6.22. The molecular weight excluding hydrogens is 464 g/mol. The molecule has 0 bridgehead atoms. The highest BCUT2D eigenvalue weighted by molar-refractivity contribution is 7.13. The summed E-state index contributed by atoms with van der Waals surface area (Å²) in [5.41, 5.74) is 13.5. The minimum atomic E-state index is -0.273. The number of imidazole rings is 1. The SMILES string of the molecule is NC1C=C(c2sc(CCCc3ncc[nH]3)cc2NC=O)c2cc(C(=O)NN3CCOCC3)ccc21. The van der Waals surface area contributed by atoms with E-state index in [9.17, 15) is 9.59 Å². The lowest BCUT2D eigenvalue weighted by atomic mass is 9.99. The van der Waals surface area contributed by atoms with E-state index in [1.54, 1.807) is 17.5 Å². The number of aromatic nitrogens is 2. The number of aromatic amines is 1. The number of hydrazine groups is 1. The van der Waals surface area contributed by atoms with Crippen molar-refractivity contribution in [3.05, 3.63) is 75.0 Å². The van der Waals surface area contributed by atoms with Crippen LogP contribution in [0, 0.1) is 0 Å². The summed E-state index contributed by atoms with van der Waals surface area (Å²) in [4.78, 5) is 33.8. The normalized spacial score (nSPS) is 17.6. The Labute approximate surface area is 207 Å². The number of nitrogens with one attached hydrogen (secondary N) is 3. The molecular formula is C25H28N6O3S. The van der Waals surface area contributed by atoms with Crippen LogP contribution in [0.15, 0.2) is 42.7 Å². The van der Waals surface area contributed by atoms with E-state index in [1.165, 1.54) is 4.88 Å². The van der Waals surface area contributed by atoms with Crippen LogP contribution in [0.2, 0.25) is 0 Å². The third-order valence-corrected chi connectivity index (χ3v) is 7.44. The molecule has 2 aromatic heterocycles. The van der Waals surface area contributed by atoms with Crippen molar-refractivity contribution >= 4 is 34.9 Å². The minimum absolute atomic E-state index is 0.162. The van der Waals surface area contributed by atoms with Crippen molar-refractivity contribution in [2.75, 3.05) is 31.6 Å². The molecule has 3 heterocycles. The summed E-state index contributed by atoms with van der Waals surface area (Å²) in [6, 6.07) is 7.37. The maximum absolute atomic E-state index is 12.9. The Bertz CT molecular complexity index is 1230. The maximum atomic E-state index is 12.9. The number of hydrogen-bond donors (Lipinski definition) is 4. The molecule has 1 unspecified atom stereocenters. The van der Waals surface area contributed by atoms with E-state index in [0.717, 1.165) is 52.4 Å². The number of carbonyl (C=O) groups is 2. The number of fused-ring (bicyclic) bond motifs is 1. The van der Waals surface area contributed by atoms with Gasteiger partial charge in [-0.1, -0.05) is 12.1 Å². The first-order valence-electron chi connectivity index (χ1n) is 11.7. The fourth-order valence-corrected chi connectivity index (χ4v) is 5.66. The number of nitrogens with two attached hydrogens (primary N) is 1. The number of benzene rings is 1. The lowest BCUT2D eigenvalue weighted by Crippen LogP contribution is -2.48. The number of nitrogens with zero attached hydrogens (tertiary/aromatic N) is 2. The van der Waals surface area contributed by atoms with Gasteiger partial charge in [0.15, 0.2) is 0 Å². The van der Waals surface area contributed by atoms with E-state index in [-0.39, 0.29) is 11.9 Å². The molecule has 1 fully saturated rings. The smallest absolute Gasteiger partial charge is 0.265 e. The summed E-state index contributed by atoms with van der Waals surface area (Å²) in [6.45, 7) is 2.51. The topological polar surface area (TPSA) is 125 Å². The molecule has 1 aromatic carbocycles. The van der Waals surface area contributed by atoms with E-state index in [2.05, 4.69) is 20.7 Å². The second-order valence-corrected chi connectivity index (χ2v) is 9.69. The standard InChI is InChI=1S/C25H28N6O3S/c26-21-14-20(19-12-16(4-5-18(19)21)25(33)30-31-8-10-34-11-9-31)24-22(29-15-32)13-17(35-24)2-1-3-23-27-6-7-28-23/h4-7,12-15,21H,1-3,8-11,26H2,(H,27,28)(H,29,32)(H,30,33). The van der Waals surface area contributed by atoms with Gasteiger partial charge in [-0.3, -0.25) is 15.0 Å². The molecule has 5 rings (SSSR count). The van der Waals surface area contributed by atoms with Crippen LogP contribution in [0.25, 0.3) is 5.57 Å². The highest BCUT2D eigenvalue weighted by Gasteiger charge is 2.26.